The molecule has 7 nitrogen and oxygen atoms in total. The molecule has 2 N–H and O–H groups in total. The van der Waals surface area contributed by atoms with Gasteiger partial charge >= 0.3 is 0 Å². The fraction of sp³-hybridized carbons (Fsp3) is 0.960. The summed E-state index contributed by atoms with van der Waals surface area (Å²) in [4.78, 5) is 0. The highest BCUT2D eigenvalue weighted by Gasteiger charge is 2.68. The molecule has 8 atom stereocenters. The molecule has 2 heterocycles. The first-order valence-electron chi connectivity index (χ1n) is 12.8. The Kier molecular flexibility index (Phi) is 5.02. The van der Waals surface area contributed by atoms with E-state index in [0.717, 1.165) is 44.9 Å². The zero-order valence-electron chi connectivity index (χ0n) is 19.5. The quantitative estimate of drug-likeness (QED) is 0.381. The highest BCUT2D eigenvalue weighted by atomic mass is 16.7. The molecule has 0 radical (unpaired) electrons. The maximum atomic E-state index is 11.8. The molecule has 2 aliphatic heterocycles. The van der Waals surface area contributed by atoms with Gasteiger partial charge in [-0.1, -0.05) is 6.92 Å². The lowest BCUT2D eigenvalue weighted by molar-refractivity contribution is -0.247. The molecule has 2 saturated heterocycles. The summed E-state index contributed by atoms with van der Waals surface area (Å²) in [5.74, 6) is 0.630. The molecule has 0 aromatic carbocycles. The number of aliphatic hydroxyl groups is 1. The molecule has 0 amide bonds. The van der Waals surface area contributed by atoms with Gasteiger partial charge in [0.05, 0.1) is 38.7 Å². The largest absolute Gasteiger partial charge is 0.411 e. The summed E-state index contributed by atoms with van der Waals surface area (Å²) in [7, 11) is 0. The Morgan fingerprint density at radius 1 is 0.875 bits per heavy atom. The van der Waals surface area contributed by atoms with Crippen LogP contribution >= 0.6 is 0 Å². The van der Waals surface area contributed by atoms with Gasteiger partial charge in [-0.15, -0.1) is 5.16 Å². The summed E-state index contributed by atoms with van der Waals surface area (Å²) in [6.07, 6.45) is 9.17. The second-order valence-electron chi connectivity index (χ2n) is 11.9. The molecule has 0 aromatic heterocycles. The molecular formula is C25H39NO6. The van der Waals surface area contributed by atoms with Crippen LogP contribution in [0.3, 0.4) is 0 Å². The third kappa shape index (κ3) is 2.87. The number of hydrogen-bond donors (Lipinski definition) is 2. The van der Waals surface area contributed by atoms with Crippen LogP contribution in [0, 0.1) is 40.4 Å². The topological polar surface area (TPSA) is 89.7 Å². The van der Waals surface area contributed by atoms with E-state index in [9.17, 15) is 10.3 Å². The summed E-state index contributed by atoms with van der Waals surface area (Å²) in [6.45, 7) is 7.07. The molecule has 7 heteroatoms. The Morgan fingerprint density at radius 3 is 2.31 bits per heavy atom. The molecule has 6 fully saturated rings. The Labute approximate surface area is 190 Å². The van der Waals surface area contributed by atoms with E-state index in [0.29, 0.717) is 50.6 Å². The average Bonchev–Trinajstić information content (AvgIpc) is 3.48. The van der Waals surface area contributed by atoms with Crippen LogP contribution in [0.5, 0.6) is 0 Å². The molecule has 6 rings (SSSR count). The van der Waals surface area contributed by atoms with Crippen LogP contribution in [0.25, 0.3) is 0 Å². The highest BCUT2D eigenvalue weighted by Crippen LogP contribution is 2.69. The normalized spacial score (nSPS) is 51.6. The first kappa shape index (κ1) is 21.8. The van der Waals surface area contributed by atoms with Crippen LogP contribution in [0.4, 0.5) is 0 Å². The van der Waals surface area contributed by atoms with Crippen molar-refractivity contribution in [2.24, 2.45) is 45.6 Å². The van der Waals surface area contributed by atoms with Crippen LogP contribution in [-0.2, 0) is 18.9 Å². The lowest BCUT2D eigenvalue weighted by Crippen LogP contribution is -2.62. The van der Waals surface area contributed by atoms with E-state index in [2.05, 4.69) is 12.1 Å². The Bertz CT molecular complexity index is 762. The molecule has 4 saturated carbocycles. The first-order chi connectivity index (χ1) is 15.4. The van der Waals surface area contributed by atoms with Crippen LogP contribution in [0.2, 0.25) is 0 Å². The Hall–Kier alpha value is -0.730. The maximum Gasteiger partial charge on any atom is 0.169 e. The van der Waals surface area contributed by atoms with Crippen molar-refractivity contribution in [3.05, 3.63) is 0 Å². The van der Waals surface area contributed by atoms with E-state index in [-0.39, 0.29) is 28.5 Å². The van der Waals surface area contributed by atoms with Gasteiger partial charge in [-0.05, 0) is 74.5 Å². The van der Waals surface area contributed by atoms with Gasteiger partial charge < -0.3 is 29.3 Å². The molecule has 0 unspecified atom stereocenters. The zero-order valence-corrected chi connectivity index (χ0v) is 19.5. The third-order valence-corrected chi connectivity index (χ3v) is 10.8. The van der Waals surface area contributed by atoms with E-state index >= 15 is 0 Å². The number of rotatable bonds is 2. The lowest BCUT2D eigenvalue weighted by atomic mass is 9.43. The van der Waals surface area contributed by atoms with Crippen LogP contribution in [0.1, 0.15) is 65.2 Å². The van der Waals surface area contributed by atoms with Gasteiger partial charge in [0.25, 0.3) is 0 Å². The third-order valence-electron chi connectivity index (χ3n) is 10.8. The van der Waals surface area contributed by atoms with Gasteiger partial charge in [0.15, 0.2) is 11.6 Å². The van der Waals surface area contributed by atoms with E-state index in [4.69, 9.17) is 18.9 Å². The minimum Gasteiger partial charge on any atom is -0.411 e. The van der Waals surface area contributed by atoms with Crippen LogP contribution in [0.15, 0.2) is 5.16 Å². The second kappa shape index (κ2) is 7.38. The molecule has 32 heavy (non-hydrogen) atoms. The predicted octanol–water partition coefficient (Wildman–Crippen LogP) is 3.56. The second-order valence-corrected chi connectivity index (χ2v) is 11.9. The predicted molar refractivity (Wildman–Crippen MR) is 116 cm³/mol. The summed E-state index contributed by atoms with van der Waals surface area (Å²) in [5.41, 5.74) is -0.293. The summed E-state index contributed by atoms with van der Waals surface area (Å²) >= 11 is 0. The van der Waals surface area contributed by atoms with Gasteiger partial charge in [0.1, 0.15) is 0 Å². The van der Waals surface area contributed by atoms with E-state index < -0.39 is 11.9 Å². The van der Waals surface area contributed by atoms with Gasteiger partial charge in [-0.2, -0.15) is 0 Å². The van der Waals surface area contributed by atoms with Gasteiger partial charge in [-0.3, -0.25) is 0 Å². The molecule has 4 aliphatic carbocycles. The number of hydrogen-bond acceptors (Lipinski definition) is 7. The number of nitrogens with zero attached hydrogens (tertiary/aromatic N) is 1. The minimum atomic E-state index is -0.669. The summed E-state index contributed by atoms with van der Waals surface area (Å²) in [6, 6.07) is 0. The summed E-state index contributed by atoms with van der Waals surface area (Å²) in [5, 5.41) is 25.1. The fourth-order valence-corrected chi connectivity index (χ4v) is 9.61. The lowest BCUT2D eigenvalue weighted by Gasteiger charge is -2.63. The van der Waals surface area contributed by atoms with Crippen molar-refractivity contribution in [3.8, 4) is 0 Å². The van der Waals surface area contributed by atoms with Crippen molar-refractivity contribution >= 4 is 6.21 Å². The van der Waals surface area contributed by atoms with E-state index in [1.165, 1.54) is 0 Å². The number of ether oxygens (including phenoxy) is 4. The van der Waals surface area contributed by atoms with Gasteiger partial charge in [0.2, 0.25) is 0 Å². The Balaban J connectivity index is 1.33. The summed E-state index contributed by atoms with van der Waals surface area (Å²) < 4.78 is 24.4. The fourth-order valence-electron chi connectivity index (χ4n) is 9.61. The SMILES string of the molecule is CC1([C@H]2CC[C@H]3[C@@H]4CC[C@H]5CC6(CC[C@]5(C)[C@H]4[C@H](O)C[C@]23/C=N\O)OCCO6)OCCO1. The van der Waals surface area contributed by atoms with Crippen LogP contribution < -0.4 is 0 Å². The number of oxime groups is 1. The monoisotopic (exact) mass is 449 g/mol. The van der Waals surface area contributed by atoms with Crippen molar-refractivity contribution in [3.63, 3.8) is 0 Å². The molecular weight excluding hydrogens is 410 g/mol. The van der Waals surface area contributed by atoms with Crippen molar-refractivity contribution in [1.82, 2.24) is 0 Å². The zero-order chi connectivity index (χ0) is 22.2. The van der Waals surface area contributed by atoms with Crippen molar-refractivity contribution in [1.29, 1.82) is 0 Å². The van der Waals surface area contributed by atoms with E-state index in [1.54, 1.807) is 6.21 Å². The maximum absolute atomic E-state index is 11.8. The van der Waals surface area contributed by atoms with E-state index in [1.807, 2.05) is 6.92 Å². The number of aliphatic hydroxyl groups excluding tert-OH is 1. The molecule has 0 bridgehead atoms. The first-order valence-corrected chi connectivity index (χ1v) is 12.8. The van der Waals surface area contributed by atoms with Crippen LogP contribution in [-0.4, -0.2) is 60.6 Å². The highest BCUT2D eigenvalue weighted by molar-refractivity contribution is 5.68. The smallest absolute Gasteiger partial charge is 0.169 e. The van der Waals surface area contributed by atoms with Crippen molar-refractivity contribution in [2.75, 3.05) is 26.4 Å². The standard InChI is InChI=1S/C25H39NO6/c1-22-7-8-25(31-11-12-32-25)13-16(22)3-4-17-18-5-6-20(23(2)29-9-10-30-23)24(18,15-26-28)14-19(27)21(17)22/h15-21,27-28H,3-14H2,1-2H3/b26-15-/t16-,17-,18-,19+,20+,21+,22-,24+/m0/s1. The molecule has 180 valence electrons. The molecule has 1 spiro atoms. The molecule has 0 aromatic rings. The number of fused-ring (bicyclic) bond motifs is 5. The molecule has 6 aliphatic rings. The van der Waals surface area contributed by atoms with Gasteiger partial charge in [0, 0.05) is 24.2 Å². The average molecular weight is 450 g/mol. The van der Waals surface area contributed by atoms with Crippen molar-refractivity contribution < 1.29 is 29.3 Å². The van der Waals surface area contributed by atoms with Crippen molar-refractivity contribution in [2.45, 2.75) is 82.9 Å². The minimum absolute atomic E-state index is 0.0910. The Morgan fingerprint density at radius 2 is 1.59 bits per heavy atom. The van der Waals surface area contributed by atoms with Gasteiger partial charge in [-0.25, -0.2) is 0 Å².